The van der Waals surface area contributed by atoms with E-state index in [1.54, 1.807) is 5.57 Å². The van der Waals surface area contributed by atoms with Crippen molar-refractivity contribution in [2.75, 3.05) is 6.54 Å². The summed E-state index contributed by atoms with van der Waals surface area (Å²) in [5.41, 5.74) is 4.69. The lowest BCUT2D eigenvalue weighted by Gasteiger charge is -2.19. The van der Waals surface area contributed by atoms with Gasteiger partial charge in [-0.25, -0.2) is 0 Å². The zero-order valence-corrected chi connectivity index (χ0v) is 12.6. The predicted molar refractivity (Wildman–Crippen MR) is 83.4 cm³/mol. The highest BCUT2D eigenvalue weighted by Crippen LogP contribution is 2.22. The average molecular weight is 257 g/mol. The molecule has 1 aliphatic carbocycles. The smallest absolute Gasteiger partial charge is 0.0205 e. The molecule has 19 heavy (non-hydrogen) atoms. The predicted octanol–water partition coefficient (Wildman–Crippen LogP) is 4.57. The van der Waals surface area contributed by atoms with E-state index in [0.717, 1.165) is 13.1 Å². The standard InChI is InChI=1S/C18H27N/c1-18(2,3)17-10-8-16(9-11-17)14-19-13-12-15-6-4-5-7-15/h6,8-11,19H,4-5,7,12-14H2,1-3H3. The Hall–Kier alpha value is -1.08. The second-order valence-corrected chi connectivity index (χ2v) is 6.63. The minimum atomic E-state index is 0.251. The van der Waals surface area contributed by atoms with Crippen molar-refractivity contribution in [3.8, 4) is 0 Å². The average Bonchev–Trinajstić information content (AvgIpc) is 2.87. The van der Waals surface area contributed by atoms with Gasteiger partial charge in [0.15, 0.2) is 0 Å². The third-order valence-electron chi connectivity index (χ3n) is 3.91. The zero-order chi connectivity index (χ0) is 13.7. The Morgan fingerprint density at radius 1 is 1.11 bits per heavy atom. The molecule has 104 valence electrons. The summed E-state index contributed by atoms with van der Waals surface area (Å²) in [6, 6.07) is 9.03. The molecule has 0 spiro atoms. The Labute approximate surface area is 118 Å². The Bertz CT molecular complexity index is 420. The van der Waals surface area contributed by atoms with Crippen molar-refractivity contribution in [3.63, 3.8) is 0 Å². The molecule has 0 atom stereocenters. The van der Waals surface area contributed by atoms with Crippen LogP contribution in [0.15, 0.2) is 35.9 Å². The lowest BCUT2D eigenvalue weighted by atomic mass is 9.87. The molecule has 0 aliphatic heterocycles. The second-order valence-electron chi connectivity index (χ2n) is 6.63. The number of hydrogen-bond donors (Lipinski definition) is 1. The van der Waals surface area contributed by atoms with Gasteiger partial charge in [-0.3, -0.25) is 0 Å². The van der Waals surface area contributed by atoms with Crippen molar-refractivity contribution in [2.24, 2.45) is 0 Å². The third-order valence-corrected chi connectivity index (χ3v) is 3.91. The number of allylic oxidation sites excluding steroid dienone is 1. The van der Waals surface area contributed by atoms with E-state index in [-0.39, 0.29) is 5.41 Å². The van der Waals surface area contributed by atoms with Crippen molar-refractivity contribution in [1.82, 2.24) is 5.32 Å². The molecule has 1 nitrogen and oxygen atoms in total. The van der Waals surface area contributed by atoms with E-state index in [2.05, 4.69) is 56.4 Å². The number of rotatable bonds is 5. The minimum Gasteiger partial charge on any atom is -0.312 e. The maximum absolute atomic E-state index is 3.55. The van der Waals surface area contributed by atoms with Crippen molar-refractivity contribution in [1.29, 1.82) is 0 Å². The first-order valence-electron chi connectivity index (χ1n) is 7.54. The van der Waals surface area contributed by atoms with Gasteiger partial charge in [0, 0.05) is 6.54 Å². The molecule has 0 bridgehead atoms. The lowest BCUT2D eigenvalue weighted by molar-refractivity contribution is 0.589. The van der Waals surface area contributed by atoms with Gasteiger partial charge in [0.05, 0.1) is 0 Å². The number of benzene rings is 1. The highest BCUT2D eigenvalue weighted by molar-refractivity contribution is 5.27. The van der Waals surface area contributed by atoms with E-state index in [0.29, 0.717) is 0 Å². The molecule has 1 aromatic rings. The summed E-state index contributed by atoms with van der Waals surface area (Å²) < 4.78 is 0. The Kier molecular flexibility index (Phi) is 4.81. The van der Waals surface area contributed by atoms with Gasteiger partial charge in [-0.2, -0.15) is 0 Å². The first-order chi connectivity index (χ1) is 9.05. The van der Waals surface area contributed by atoms with Crippen LogP contribution in [0.3, 0.4) is 0 Å². The van der Waals surface area contributed by atoms with Crippen LogP contribution in [0, 0.1) is 0 Å². The van der Waals surface area contributed by atoms with Crippen molar-refractivity contribution < 1.29 is 0 Å². The molecule has 2 rings (SSSR count). The van der Waals surface area contributed by atoms with Gasteiger partial charge in [0.25, 0.3) is 0 Å². The quantitative estimate of drug-likeness (QED) is 0.601. The first-order valence-corrected chi connectivity index (χ1v) is 7.54. The molecule has 0 fully saturated rings. The van der Waals surface area contributed by atoms with Gasteiger partial charge in [-0.1, -0.05) is 56.7 Å². The molecule has 0 radical (unpaired) electrons. The fraction of sp³-hybridized carbons (Fsp3) is 0.556. The Morgan fingerprint density at radius 3 is 2.42 bits per heavy atom. The molecular formula is C18H27N. The molecule has 0 saturated carbocycles. The van der Waals surface area contributed by atoms with Crippen molar-refractivity contribution in [3.05, 3.63) is 47.0 Å². The molecule has 1 N–H and O–H groups in total. The highest BCUT2D eigenvalue weighted by Gasteiger charge is 2.12. The summed E-state index contributed by atoms with van der Waals surface area (Å²) in [6.07, 6.45) is 7.62. The van der Waals surface area contributed by atoms with E-state index in [9.17, 15) is 0 Å². The SMILES string of the molecule is CC(C)(C)c1ccc(CNCCC2=CCCC2)cc1. The van der Waals surface area contributed by atoms with E-state index in [1.807, 2.05) is 0 Å². The fourth-order valence-corrected chi connectivity index (χ4v) is 2.57. The molecule has 0 heterocycles. The topological polar surface area (TPSA) is 12.0 Å². The van der Waals surface area contributed by atoms with E-state index < -0.39 is 0 Å². The monoisotopic (exact) mass is 257 g/mol. The molecule has 0 amide bonds. The van der Waals surface area contributed by atoms with Crippen molar-refractivity contribution in [2.45, 2.75) is 58.4 Å². The second kappa shape index (κ2) is 6.38. The normalized spacial score (nSPS) is 15.6. The van der Waals surface area contributed by atoms with Gasteiger partial charge in [-0.15, -0.1) is 0 Å². The summed E-state index contributed by atoms with van der Waals surface area (Å²) in [7, 11) is 0. The zero-order valence-electron chi connectivity index (χ0n) is 12.6. The summed E-state index contributed by atoms with van der Waals surface area (Å²) in [5, 5.41) is 3.55. The third kappa shape index (κ3) is 4.50. The minimum absolute atomic E-state index is 0.251. The highest BCUT2D eigenvalue weighted by atomic mass is 14.8. The molecule has 0 aromatic heterocycles. The summed E-state index contributed by atoms with van der Waals surface area (Å²) in [5.74, 6) is 0. The van der Waals surface area contributed by atoms with Crippen LogP contribution >= 0.6 is 0 Å². The fourth-order valence-electron chi connectivity index (χ4n) is 2.57. The van der Waals surface area contributed by atoms with Gasteiger partial charge < -0.3 is 5.32 Å². The van der Waals surface area contributed by atoms with E-state index >= 15 is 0 Å². The molecule has 1 aliphatic rings. The molecule has 0 saturated heterocycles. The van der Waals surface area contributed by atoms with Gasteiger partial charge in [0.2, 0.25) is 0 Å². The molecule has 1 aromatic carbocycles. The van der Waals surface area contributed by atoms with Gasteiger partial charge in [-0.05, 0) is 48.8 Å². The largest absolute Gasteiger partial charge is 0.312 e. The summed E-state index contributed by atoms with van der Waals surface area (Å²) in [4.78, 5) is 0. The van der Waals surface area contributed by atoms with Crippen LogP contribution < -0.4 is 5.32 Å². The van der Waals surface area contributed by atoms with Crippen LogP contribution in [0.1, 0.15) is 57.6 Å². The van der Waals surface area contributed by atoms with Gasteiger partial charge in [0.1, 0.15) is 0 Å². The van der Waals surface area contributed by atoms with Gasteiger partial charge >= 0.3 is 0 Å². The first kappa shape index (κ1) is 14.3. The van der Waals surface area contributed by atoms with Crippen LogP contribution in [-0.4, -0.2) is 6.54 Å². The number of nitrogens with one attached hydrogen (secondary N) is 1. The Balaban J connectivity index is 1.74. The Morgan fingerprint density at radius 2 is 1.84 bits per heavy atom. The van der Waals surface area contributed by atoms with Crippen molar-refractivity contribution >= 4 is 0 Å². The van der Waals surface area contributed by atoms with E-state index in [1.165, 1.54) is 36.8 Å². The maximum Gasteiger partial charge on any atom is 0.0205 e. The maximum atomic E-state index is 3.55. The molecule has 0 unspecified atom stereocenters. The van der Waals surface area contributed by atoms with Crippen LogP contribution in [-0.2, 0) is 12.0 Å². The summed E-state index contributed by atoms with van der Waals surface area (Å²) in [6.45, 7) is 8.87. The lowest BCUT2D eigenvalue weighted by Crippen LogP contribution is -2.15. The van der Waals surface area contributed by atoms with Crippen LogP contribution in [0.5, 0.6) is 0 Å². The summed E-state index contributed by atoms with van der Waals surface area (Å²) >= 11 is 0. The van der Waals surface area contributed by atoms with Crippen LogP contribution in [0.4, 0.5) is 0 Å². The number of hydrogen-bond acceptors (Lipinski definition) is 1. The molecule has 1 heteroatoms. The van der Waals surface area contributed by atoms with Crippen LogP contribution in [0.25, 0.3) is 0 Å². The molecular weight excluding hydrogens is 230 g/mol. The van der Waals surface area contributed by atoms with Crippen LogP contribution in [0.2, 0.25) is 0 Å². The van der Waals surface area contributed by atoms with E-state index in [4.69, 9.17) is 0 Å².